The first-order valence-corrected chi connectivity index (χ1v) is 4.88. The highest BCUT2D eigenvalue weighted by atomic mass is 19.4. The number of ether oxygens (including phenoxy) is 1. The van der Waals surface area contributed by atoms with Gasteiger partial charge in [-0.05, 0) is 0 Å². The molecule has 3 nitrogen and oxygen atoms in total. The van der Waals surface area contributed by atoms with Gasteiger partial charge in [-0.25, -0.2) is 0 Å². The molecule has 0 radical (unpaired) electrons. The van der Waals surface area contributed by atoms with Crippen LogP contribution in [0.25, 0.3) is 0 Å². The van der Waals surface area contributed by atoms with Crippen molar-refractivity contribution in [2.75, 3.05) is 40.0 Å². The summed E-state index contributed by atoms with van der Waals surface area (Å²) in [6.07, 6.45) is -4.17. The maximum absolute atomic E-state index is 12.6. The fraction of sp³-hybridized carbons (Fsp3) is 1.00. The molecule has 0 saturated carbocycles. The van der Waals surface area contributed by atoms with Crippen LogP contribution < -0.4 is 0 Å². The number of β-amino-alcohol motifs (C(OH)–C–C–N with tert-alkyl or cyclic N) is 1. The molecule has 1 fully saturated rings. The first-order chi connectivity index (χ1) is 6.99. The number of nitrogens with zero attached hydrogens (tertiary/aromatic N) is 1. The second kappa shape index (κ2) is 5.14. The van der Waals surface area contributed by atoms with Gasteiger partial charge in [0.2, 0.25) is 0 Å². The van der Waals surface area contributed by atoms with Gasteiger partial charge in [0.15, 0.2) is 0 Å². The van der Waals surface area contributed by atoms with Gasteiger partial charge >= 0.3 is 6.18 Å². The van der Waals surface area contributed by atoms with Crippen molar-refractivity contribution in [2.24, 2.45) is 11.8 Å². The van der Waals surface area contributed by atoms with E-state index in [0.717, 1.165) is 0 Å². The Kier molecular flexibility index (Phi) is 4.36. The summed E-state index contributed by atoms with van der Waals surface area (Å²) in [4.78, 5) is 1.63. The lowest BCUT2D eigenvalue weighted by Crippen LogP contribution is -2.32. The van der Waals surface area contributed by atoms with Crippen molar-refractivity contribution < 1.29 is 23.0 Å². The molecule has 1 heterocycles. The lowest BCUT2D eigenvalue weighted by Gasteiger charge is -2.20. The molecule has 0 aromatic rings. The van der Waals surface area contributed by atoms with Crippen LogP contribution in [0.5, 0.6) is 0 Å². The van der Waals surface area contributed by atoms with Gasteiger partial charge in [0.1, 0.15) is 0 Å². The maximum atomic E-state index is 12.6. The van der Waals surface area contributed by atoms with Crippen molar-refractivity contribution in [1.29, 1.82) is 0 Å². The fourth-order valence-corrected chi connectivity index (χ4v) is 2.04. The molecule has 90 valence electrons. The second-order valence-electron chi connectivity index (χ2n) is 3.85. The number of hydrogen-bond donors (Lipinski definition) is 1. The predicted molar refractivity (Wildman–Crippen MR) is 48.4 cm³/mol. The van der Waals surface area contributed by atoms with Crippen LogP contribution >= 0.6 is 0 Å². The Morgan fingerprint density at radius 3 is 2.53 bits per heavy atom. The van der Waals surface area contributed by atoms with Crippen molar-refractivity contribution in [2.45, 2.75) is 6.18 Å². The Hall–Kier alpha value is -0.330. The zero-order valence-electron chi connectivity index (χ0n) is 8.63. The predicted octanol–water partition coefficient (Wildman–Crippen LogP) is 0.735. The van der Waals surface area contributed by atoms with Gasteiger partial charge in [-0.15, -0.1) is 0 Å². The van der Waals surface area contributed by atoms with E-state index in [4.69, 9.17) is 9.84 Å². The summed E-state index contributed by atoms with van der Waals surface area (Å²) < 4.78 is 42.6. The van der Waals surface area contributed by atoms with Crippen molar-refractivity contribution in [3.63, 3.8) is 0 Å². The van der Waals surface area contributed by atoms with Crippen LogP contribution in [0.3, 0.4) is 0 Å². The van der Waals surface area contributed by atoms with Crippen LogP contribution in [0.4, 0.5) is 13.2 Å². The molecule has 15 heavy (non-hydrogen) atoms. The number of likely N-dealkylation sites (tertiary alicyclic amines) is 1. The molecule has 1 aliphatic heterocycles. The lowest BCUT2D eigenvalue weighted by atomic mass is 9.96. The van der Waals surface area contributed by atoms with Gasteiger partial charge in [-0.2, -0.15) is 13.2 Å². The first kappa shape index (κ1) is 12.7. The summed E-state index contributed by atoms with van der Waals surface area (Å²) in [5.41, 5.74) is 0. The number of rotatable bonds is 4. The molecule has 6 heteroatoms. The number of methoxy groups -OCH3 is 1. The Morgan fingerprint density at radius 2 is 2.07 bits per heavy atom. The highest BCUT2D eigenvalue weighted by molar-refractivity contribution is 4.87. The van der Waals surface area contributed by atoms with Gasteiger partial charge in [0, 0.05) is 32.7 Å². The molecule has 1 aliphatic rings. The number of hydrogen-bond acceptors (Lipinski definition) is 3. The first-order valence-electron chi connectivity index (χ1n) is 4.88. The largest absolute Gasteiger partial charge is 0.395 e. The van der Waals surface area contributed by atoms with E-state index in [0.29, 0.717) is 13.1 Å². The van der Waals surface area contributed by atoms with Gasteiger partial charge in [0.05, 0.1) is 19.1 Å². The van der Waals surface area contributed by atoms with Crippen molar-refractivity contribution >= 4 is 0 Å². The number of alkyl halides is 3. The van der Waals surface area contributed by atoms with E-state index < -0.39 is 18.0 Å². The van der Waals surface area contributed by atoms with E-state index in [1.807, 2.05) is 0 Å². The van der Waals surface area contributed by atoms with Crippen LogP contribution in [0, 0.1) is 11.8 Å². The molecular weight excluding hydrogens is 211 g/mol. The zero-order chi connectivity index (χ0) is 11.5. The lowest BCUT2D eigenvalue weighted by molar-refractivity contribution is -0.183. The highest BCUT2D eigenvalue weighted by Crippen LogP contribution is 2.37. The van der Waals surface area contributed by atoms with Crippen LogP contribution in [0.1, 0.15) is 0 Å². The van der Waals surface area contributed by atoms with E-state index in [-0.39, 0.29) is 19.8 Å². The zero-order valence-corrected chi connectivity index (χ0v) is 8.63. The van der Waals surface area contributed by atoms with E-state index in [1.54, 1.807) is 4.90 Å². The van der Waals surface area contributed by atoms with E-state index in [9.17, 15) is 13.2 Å². The summed E-state index contributed by atoms with van der Waals surface area (Å²) in [5, 5.41) is 8.68. The third kappa shape index (κ3) is 3.32. The maximum Gasteiger partial charge on any atom is 0.393 e. The quantitative estimate of drug-likeness (QED) is 0.768. The van der Waals surface area contributed by atoms with Crippen LogP contribution in [-0.4, -0.2) is 56.1 Å². The normalized spacial score (nSPS) is 28.6. The van der Waals surface area contributed by atoms with Crippen molar-refractivity contribution in [1.82, 2.24) is 4.90 Å². The standard InChI is InChI=1S/C9H16F3NO2/c1-15-6-7-4-13(2-3-14)5-8(7)9(10,11)12/h7-8,14H,2-6H2,1H3/t7-,8+/m1/s1. The average molecular weight is 227 g/mol. The summed E-state index contributed by atoms with van der Waals surface area (Å²) >= 11 is 0. The summed E-state index contributed by atoms with van der Waals surface area (Å²) in [7, 11) is 1.40. The van der Waals surface area contributed by atoms with Crippen LogP contribution in [0.2, 0.25) is 0 Å². The summed E-state index contributed by atoms with van der Waals surface area (Å²) in [5.74, 6) is -1.84. The van der Waals surface area contributed by atoms with Gasteiger partial charge in [-0.1, -0.05) is 0 Å². The molecular formula is C9H16F3NO2. The van der Waals surface area contributed by atoms with E-state index >= 15 is 0 Å². The third-order valence-electron chi connectivity index (χ3n) is 2.73. The molecule has 0 aromatic heterocycles. The van der Waals surface area contributed by atoms with Gasteiger partial charge in [-0.3, -0.25) is 0 Å². The molecule has 2 atom stereocenters. The Balaban J connectivity index is 2.59. The van der Waals surface area contributed by atoms with Crippen molar-refractivity contribution in [3.05, 3.63) is 0 Å². The fourth-order valence-electron chi connectivity index (χ4n) is 2.04. The van der Waals surface area contributed by atoms with Crippen LogP contribution in [-0.2, 0) is 4.74 Å². The minimum atomic E-state index is -4.17. The molecule has 0 spiro atoms. The molecule has 0 unspecified atom stereocenters. The molecule has 0 aliphatic carbocycles. The summed E-state index contributed by atoms with van der Waals surface area (Å²) in [6, 6.07) is 0. The smallest absolute Gasteiger partial charge is 0.393 e. The number of aliphatic hydroxyl groups excluding tert-OH is 1. The topological polar surface area (TPSA) is 32.7 Å². The Labute approximate surface area is 86.8 Å². The van der Waals surface area contributed by atoms with Crippen LogP contribution in [0.15, 0.2) is 0 Å². The molecule has 0 amide bonds. The monoisotopic (exact) mass is 227 g/mol. The Bertz CT molecular complexity index is 198. The number of aliphatic hydroxyl groups is 1. The average Bonchev–Trinajstić information content (AvgIpc) is 2.49. The molecule has 0 bridgehead atoms. The molecule has 0 aromatic carbocycles. The molecule has 1 N–H and O–H groups in total. The van der Waals surface area contributed by atoms with E-state index in [1.165, 1.54) is 7.11 Å². The van der Waals surface area contributed by atoms with Gasteiger partial charge in [0.25, 0.3) is 0 Å². The highest BCUT2D eigenvalue weighted by Gasteiger charge is 2.49. The number of halogens is 3. The van der Waals surface area contributed by atoms with Crippen molar-refractivity contribution in [3.8, 4) is 0 Å². The third-order valence-corrected chi connectivity index (χ3v) is 2.73. The van der Waals surface area contributed by atoms with Gasteiger partial charge < -0.3 is 14.7 Å². The minimum absolute atomic E-state index is 0.0297. The SMILES string of the molecule is COC[C@H]1CN(CCO)C[C@@H]1C(F)(F)F. The second-order valence-corrected chi connectivity index (χ2v) is 3.85. The Morgan fingerprint density at radius 1 is 1.40 bits per heavy atom. The summed E-state index contributed by atoms with van der Waals surface area (Å²) in [6.45, 7) is 0.625. The molecule has 1 saturated heterocycles. The minimum Gasteiger partial charge on any atom is -0.395 e. The molecule has 1 rings (SSSR count). The van der Waals surface area contributed by atoms with E-state index in [2.05, 4.69) is 0 Å².